The second-order valence-electron chi connectivity index (χ2n) is 3.70. The summed E-state index contributed by atoms with van der Waals surface area (Å²) >= 11 is 0. The Balaban J connectivity index is 2.21. The van der Waals surface area contributed by atoms with E-state index < -0.39 is 0 Å². The molecule has 0 radical (unpaired) electrons. The van der Waals surface area contributed by atoms with Crippen LogP contribution in [0.25, 0.3) is 0 Å². The average Bonchev–Trinajstić information content (AvgIpc) is 2.85. The van der Waals surface area contributed by atoms with E-state index in [0.29, 0.717) is 6.61 Å². The minimum atomic E-state index is -0.0826. The van der Waals surface area contributed by atoms with Crippen LogP contribution in [0.2, 0.25) is 0 Å². The molecule has 0 aliphatic heterocycles. The molecule has 0 saturated heterocycles. The molecule has 0 aromatic heterocycles. The highest BCUT2D eigenvalue weighted by Gasteiger charge is 2.25. The number of aliphatic hydroxyl groups is 1. The normalized spacial score (nSPS) is 19.6. The fourth-order valence-electron chi connectivity index (χ4n) is 1.20. The number of hydrogen-bond acceptors (Lipinski definition) is 2. The topological polar surface area (TPSA) is 29.5 Å². The predicted molar refractivity (Wildman–Crippen MR) is 47.6 cm³/mol. The van der Waals surface area contributed by atoms with Crippen molar-refractivity contribution < 1.29 is 9.84 Å². The van der Waals surface area contributed by atoms with Crippen molar-refractivity contribution in [3.8, 4) is 11.8 Å². The van der Waals surface area contributed by atoms with Gasteiger partial charge < -0.3 is 9.84 Å². The molecule has 0 saturated carbocycles. The third-order valence-electron chi connectivity index (χ3n) is 2.10. The van der Waals surface area contributed by atoms with Crippen LogP contribution in [0.15, 0.2) is 0 Å². The van der Waals surface area contributed by atoms with Crippen molar-refractivity contribution in [1.82, 2.24) is 0 Å². The molecular weight excluding hydrogens is 152 g/mol. The van der Waals surface area contributed by atoms with Gasteiger partial charge in [0.05, 0.1) is 13.2 Å². The Hall–Kier alpha value is -0.520. The van der Waals surface area contributed by atoms with Crippen LogP contribution in [-0.4, -0.2) is 24.4 Å². The molecule has 0 amide bonds. The molecule has 0 fully saturated rings. The van der Waals surface area contributed by atoms with Gasteiger partial charge in [-0.05, 0) is 6.42 Å². The molecule has 2 nitrogen and oxygen atoms in total. The molecule has 1 rings (SSSR count). The van der Waals surface area contributed by atoms with Gasteiger partial charge >= 0.3 is 0 Å². The summed E-state index contributed by atoms with van der Waals surface area (Å²) in [5.41, 5.74) is -0.0826. The highest BCUT2D eigenvalue weighted by Crippen LogP contribution is 2.23. The summed E-state index contributed by atoms with van der Waals surface area (Å²) in [6.07, 6.45) is 2.08. The summed E-state index contributed by atoms with van der Waals surface area (Å²) < 4.78 is 5.38. The monoisotopic (exact) mass is 168 g/mol. The summed E-state index contributed by atoms with van der Waals surface area (Å²) in [7, 11) is 0. The SMILES string of the molecule is CCCC(C)(CO)COC1C#C1. The van der Waals surface area contributed by atoms with Gasteiger partial charge in [-0.15, -0.1) is 0 Å². The maximum atomic E-state index is 9.13. The van der Waals surface area contributed by atoms with Crippen LogP contribution >= 0.6 is 0 Å². The standard InChI is InChI=1S/C10H16O2/c1-3-6-10(2,7-11)8-12-9-4-5-9/h9,11H,3,6-8H2,1-2H3. The molecule has 1 atom stereocenters. The first-order valence-corrected chi connectivity index (χ1v) is 4.44. The maximum absolute atomic E-state index is 9.13. The molecule has 1 N–H and O–H groups in total. The van der Waals surface area contributed by atoms with Crippen LogP contribution in [0.1, 0.15) is 26.7 Å². The Morgan fingerprint density at radius 1 is 1.50 bits per heavy atom. The van der Waals surface area contributed by atoms with Crippen LogP contribution in [-0.2, 0) is 4.74 Å². The van der Waals surface area contributed by atoms with E-state index in [1.807, 2.05) is 6.92 Å². The lowest BCUT2D eigenvalue weighted by Gasteiger charge is -2.26. The second-order valence-corrected chi connectivity index (χ2v) is 3.70. The number of ether oxygens (including phenoxy) is 1. The minimum Gasteiger partial charge on any atom is -0.396 e. The van der Waals surface area contributed by atoms with Gasteiger partial charge in [0, 0.05) is 5.41 Å². The molecular formula is C10H16O2. The van der Waals surface area contributed by atoms with E-state index >= 15 is 0 Å². The predicted octanol–water partition coefficient (Wildman–Crippen LogP) is 1.19. The largest absolute Gasteiger partial charge is 0.396 e. The van der Waals surface area contributed by atoms with E-state index in [1.54, 1.807) is 0 Å². The van der Waals surface area contributed by atoms with E-state index in [2.05, 4.69) is 18.8 Å². The molecule has 0 aromatic carbocycles. The number of rotatable bonds is 6. The van der Waals surface area contributed by atoms with Gasteiger partial charge in [0.25, 0.3) is 0 Å². The van der Waals surface area contributed by atoms with Gasteiger partial charge in [0.2, 0.25) is 0 Å². The first-order chi connectivity index (χ1) is 5.70. The molecule has 2 heteroatoms. The summed E-state index contributed by atoms with van der Waals surface area (Å²) in [5.74, 6) is 5.64. The van der Waals surface area contributed by atoms with Gasteiger partial charge in [0.1, 0.15) is 0 Å². The summed E-state index contributed by atoms with van der Waals surface area (Å²) in [6.45, 7) is 4.94. The van der Waals surface area contributed by atoms with E-state index in [-0.39, 0.29) is 18.1 Å². The molecule has 0 heterocycles. The highest BCUT2D eigenvalue weighted by atomic mass is 16.5. The molecule has 0 bridgehead atoms. The van der Waals surface area contributed by atoms with Gasteiger partial charge in [0.15, 0.2) is 6.10 Å². The lowest BCUT2D eigenvalue weighted by molar-refractivity contribution is 0.0126. The lowest BCUT2D eigenvalue weighted by Crippen LogP contribution is -2.28. The Labute approximate surface area is 73.9 Å². The van der Waals surface area contributed by atoms with Crippen molar-refractivity contribution in [3.63, 3.8) is 0 Å². The maximum Gasteiger partial charge on any atom is 0.179 e. The van der Waals surface area contributed by atoms with Gasteiger partial charge in [-0.1, -0.05) is 32.1 Å². The number of hydrogen-bond donors (Lipinski definition) is 1. The van der Waals surface area contributed by atoms with Crippen molar-refractivity contribution in [2.24, 2.45) is 5.41 Å². The zero-order chi connectivity index (χ0) is 9.03. The smallest absolute Gasteiger partial charge is 0.179 e. The molecule has 68 valence electrons. The van der Waals surface area contributed by atoms with Gasteiger partial charge in [-0.2, -0.15) is 0 Å². The highest BCUT2D eigenvalue weighted by molar-refractivity contribution is 5.33. The second kappa shape index (κ2) is 3.93. The van der Waals surface area contributed by atoms with Crippen molar-refractivity contribution in [2.45, 2.75) is 32.8 Å². The quantitative estimate of drug-likeness (QED) is 0.604. The summed E-state index contributed by atoms with van der Waals surface area (Å²) in [6, 6.07) is 0. The fraction of sp³-hybridized carbons (Fsp3) is 0.800. The molecule has 0 spiro atoms. The van der Waals surface area contributed by atoms with E-state index in [9.17, 15) is 0 Å². The van der Waals surface area contributed by atoms with Gasteiger partial charge in [-0.3, -0.25) is 0 Å². The zero-order valence-electron chi connectivity index (χ0n) is 7.76. The van der Waals surface area contributed by atoms with Crippen LogP contribution in [0.4, 0.5) is 0 Å². The van der Waals surface area contributed by atoms with Crippen molar-refractivity contribution in [2.75, 3.05) is 13.2 Å². The number of aliphatic hydroxyl groups excluding tert-OH is 1. The molecule has 1 aliphatic carbocycles. The van der Waals surface area contributed by atoms with E-state index in [1.165, 1.54) is 0 Å². The Kier molecular flexibility index (Phi) is 3.13. The molecule has 1 unspecified atom stereocenters. The third kappa shape index (κ3) is 2.84. The Morgan fingerprint density at radius 2 is 2.17 bits per heavy atom. The Bertz CT molecular complexity index is 194. The van der Waals surface area contributed by atoms with Crippen LogP contribution < -0.4 is 0 Å². The van der Waals surface area contributed by atoms with Crippen molar-refractivity contribution in [3.05, 3.63) is 0 Å². The lowest BCUT2D eigenvalue weighted by atomic mass is 9.88. The minimum absolute atomic E-state index is 0.00716. The third-order valence-corrected chi connectivity index (χ3v) is 2.10. The molecule has 12 heavy (non-hydrogen) atoms. The van der Waals surface area contributed by atoms with Crippen LogP contribution in [0.5, 0.6) is 0 Å². The van der Waals surface area contributed by atoms with E-state index in [4.69, 9.17) is 9.84 Å². The molecule has 0 aromatic rings. The van der Waals surface area contributed by atoms with Crippen LogP contribution in [0.3, 0.4) is 0 Å². The first kappa shape index (κ1) is 9.57. The first-order valence-electron chi connectivity index (χ1n) is 4.44. The fourth-order valence-corrected chi connectivity index (χ4v) is 1.20. The Morgan fingerprint density at radius 3 is 2.58 bits per heavy atom. The van der Waals surface area contributed by atoms with Gasteiger partial charge in [-0.25, -0.2) is 0 Å². The van der Waals surface area contributed by atoms with Crippen molar-refractivity contribution >= 4 is 0 Å². The average molecular weight is 168 g/mol. The summed E-state index contributed by atoms with van der Waals surface area (Å²) in [5, 5.41) is 9.13. The molecule has 1 aliphatic rings. The van der Waals surface area contributed by atoms with Crippen molar-refractivity contribution in [1.29, 1.82) is 0 Å². The summed E-state index contributed by atoms with van der Waals surface area (Å²) in [4.78, 5) is 0. The van der Waals surface area contributed by atoms with Crippen LogP contribution in [0, 0.1) is 17.3 Å². The zero-order valence-corrected chi connectivity index (χ0v) is 7.76. The van der Waals surface area contributed by atoms with E-state index in [0.717, 1.165) is 12.8 Å².